The zero-order chi connectivity index (χ0) is 76.2. The van der Waals surface area contributed by atoms with Crippen molar-refractivity contribution < 1.29 is 496 Å². The van der Waals surface area contributed by atoms with Crippen LogP contribution in [0.4, 0.5) is 0 Å². The Bertz CT molecular complexity index is 4130. The van der Waals surface area contributed by atoms with Crippen LogP contribution in [0.3, 0.4) is 0 Å². The number of ether oxygens (including phenoxy) is 6. The van der Waals surface area contributed by atoms with Crippen molar-refractivity contribution in [3.8, 4) is 0 Å². The fourth-order valence-electron chi connectivity index (χ4n) is 15.7. The molecule has 0 amide bonds. The Hall–Kier alpha value is 8.46. The van der Waals surface area contributed by atoms with Crippen molar-refractivity contribution in [3.05, 3.63) is 0 Å². The quantitative estimate of drug-likeness (QED) is 0.0250. The molecule has 594 valence electrons. The topological polar surface area (TPSA) is 720 Å². The van der Waals surface area contributed by atoms with E-state index in [9.17, 15) is 130 Å². The van der Waals surface area contributed by atoms with Gasteiger partial charge in [-0.25, -0.2) is 84.2 Å². The van der Waals surface area contributed by atoms with Crippen molar-refractivity contribution in [1.29, 1.82) is 0 Å². The summed E-state index contributed by atoms with van der Waals surface area (Å²) in [4.78, 5) is 0. The smallest absolute Gasteiger partial charge is 0.726 e. The fraction of sp³-hybridized carbons (Fsp3) is 1.00. The third-order valence-electron chi connectivity index (χ3n) is 19.2. The summed E-state index contributed by atoms with van der Waals surface area (Å²) in [5.74, 6) is 1.72. The van der Waals surface area contributed by atoms with Crippen molar-refractivity contribution in [2.75, 3.05) is 19.8 Å². The molecule has 0 aromatic rings. The molecule has 4 aliphatic carbocycles. The number of hydrogen-bond donors (Lipinski definition) is 0. The summed E-state index contributed by atoms with van der Waals surface area (Å²) >= 11 is 0. The van der Waals surface area contributed by atoms with E-state index in [1.807, 2.05) is 0 Å². The second-order valence-electron chi connectivity index (χ2n) is 25.9. The average Bonchev–Trinajstić information content (AvgIpc) is 1.67. The van der Waals surface area contributed by atoms with E-state index in [1.165, 1.54) is 0 Å². The summed E-state index contributed by atoms with van der Waals surface area (Å²) in [6.45, 7) is 4.59. The fourth-order valence-corrected chi connectivity index (χ4v) is 20.1. The molecule has 0 bridgehead atoms. The van der Waals surface area contributed by atoms with Crippen LogP contribution in [-0.4, -0.2) is 248 Å². The Labute approximate surface area is 866 Å². The minimum Gasteiger partial charge on any atom is -0.726 e. The van der Waals surface area contributed by atoms with Gasteiger partial charge in [0.15, 0.2) is 31.1 Å². The van der Waals surface area contributed by atoms with Crippen LogP contribution in [-0.2, 0) is 174 Å². The monoisotopic (exact) mass is 1890 g/mol. The summed E-state index contributed by atoms with van der Waals surface area (Å²) < 4.78 is 445. The minimum atomic E-state index is -6.87. The minimum absolute atomic E-state index is 0. The molecule has 3 aliphatic heterocycles. The molecule has 3 saturated heterocycles. The first-order chi connectivity index (χ1) is 45.7. The third-order valence-corrected chi connectivity index (χ3v) is 23.7. The Balaban J connectivity index is -0.00000572. The van der Waals surface area contributed by atoms with Gasteiger partial charge in [0.25, 0.3) is 0 Å². The molecule has 0 N–H and O–H groups in total. The molecule has 0 radical (unpaired) electrons. The van der Waals surface area contributed by atoms with Crippen LogP contribution in [0.5, 0.6) is 0 Å². The van der Waals surface area contributed by atoms with E-state index in [-0.39, 0.29) is 338 Å². The van der Waals surface area contributed by atoms with Crippen LogP contribution in [0.2, 0.25) is 0 Å². The van der Waals surface area contributed by atoms with Gasteiger partial charge in [-0.1, -0.05) is 53.9 Å². The molecule has 0 aromatic heterocycles. The van der Waals surface area contributed by atoms with Gasteiger partial charge in [-0.05, 0) is 110 Å². The summed E-state index contributed by atoms with van der Waals surface area (Å²) in [7, 11) is -65.4. The van der Waals surface area contributed by atoms with Gasteiger partial charge in [0.05, 0.1) is 25.9 Å². The maximum absolute atomic E-state index is 12.9. The number of rotatable bonds is 34. The van der Waals surface area contributed by atoms with E-state index in [0.29, 0.717) is 36.5 Å². The number of fused-ring (bicyclic) bond motifs is 5. The molecule has 111 heavy (non-hydrogen) atoms. The van der Waals surface area contributed by atoms with Gasteiger partial charge in [-0.3, -0.25) is 41.8 Å². The zero-order valence-corrected chi connectivity index (χ0v) is 90.9. The molecule has 46 nitrogen and oxygen atoms in total. The summed E-state index contributed by atoms with van der Waals surface area (Å²) in [6.07, 6.45) is -45.1. The van der Waals surface area contributed by atoms with Crippen molar-refractivity contribution in [3.63, 3.8) is 0 Å². The van der Waals surface area contributed by atoms with Crippen molar-refractivity contribution >= 4 is 104 Å². The first kappa shape index (κ1) is 126. The molecule has 7 aliphatic rings. The summed E-state index contributed by atoms with van der Waals surface area (Å²) in [5.41, 5.74) is -0.496. The first-order valence-corrected chi connectivity index (χ1v) is 43.2. The van der Waals surface area contributed by atoms with Gasteiger partial charge in [-0.2, -0.15) is 0 Å². The summed E-state index contributed by atoms with van der Waals surface area (Å²) in [5, 5.41) is 0. The van der Waals surface area contributed by atoms with Crippen LogP contribution in [0.25, 0.3) is 0 Å². The molecular formula is C45H68Na10O46S10. The predicted molar refractivity (Wildman–Crippen MR) is 303 cm³/mol. The van der Waals surface area contributed by atoms with E-state index < -0.39 is 227 Å². The second-order valence-corrected chi connectivity index (χ2v) is 36.1. The SMILES string of the molecule is CC(C)CCC[C@@H](C)[C@H]1CC[C@H]2[C@@H]3CC[C@H]4C[C@@H](O[C@H]5O[C@H](COS(=O)(=O)[O-])[C@@H](OS(=O)(=O)[O-])[C@H](OS(=O)(=O)[O-])[C@@H]5O[C@H]5O[C@H](COS(=O)(=O)[O-])[C@@H](OS(=O)(=O)[O-])[C@H](O[C@H]6O[C@H](COS(=O)(=O)[O-])[C@@H](OS(=O)(=O)[O-])[C@H](OS(=O)(=O)[O-])[C@@H]6OS(=O)(=O)[O-])[C@@H]5OS(=O)(=O)[O-])CC[C@]4(C)[C@H]3CC[C@]12C.[Na+].[Na+].[Na+].[Na+].[Na+].[Na+].[Na+].[Na+].[Na+].[Na+]. The van der Waals surface area contributed by atoms with Crippen LogP contribution < -0.4 is 296 Å². The molecule has 0 aromatic carbocycles. The van der Waals surface area contributed by atoms with Gasteiger partial charge in [0, 0.05) is 0 Å². The molecule has 24 atom stereocenters. The van der Waals surface area contributed by atoms with E-state index >= 15 is 0 Å². The Morgan fingerprint density at radius 3 is 1.03 bits per heavy atom. The van der Waals surface area contributed by atoms with Crippen LogP contribution in [0, 0.1) is 52.3 Å². The Morgan fingerprint density at radius 2 is 0.658 bits per heavy atom. The zero-order valence-electron chi connectivity index (χ0n) is 62.7. The molecular weight excluding hydrogens is 1830 g/mol. The van der Waals surface area contributed by atoms with E-state index in [4.69, 9.17) is 28.4 Å². The van der Waals surface area contributed by atoms with Gasteiger partial charge in [-0.15, -0.1) is 0 Å². The van der Waals surface area contributed by atoms with Gasteiger partial charge < -0.3 is 73.9 Å². The molecule has 3 heterocycles. The first-order valence-electron chi connectivity index (χ1n) is 29.9. The van der Waals surface area contributed by atoms with Gasteiger partial charge >= 0.3 is 296 Å². The maximum atomic E-state index is 12.9. The largest absolute Gasteiger partial charge is 1.00 e. The normalized spacial score (nSPS) is 34.4. The molecule has 4 saturated carbocycles. The van der Waals surface area contributed by atoms with Crippen molar-refractivity contribution in [2.24, 2.45) is 52.3 Å². The molecule has 7 rings (SSSR count). The standard InChI is InChI=1S/C45H78O46S10.10Na/c1-21(2)7-6-8-22(3)26-11-12-27-25-10-9-23-17-24(13-15-44(23,4)28(25)14-16-45(26,27)5)79-41-38(36(88-98(64,65)66)33(86-96(58,59)60)30(80-41)19-77-93(49,50)51)84-42-39(90-100(70,71)72)35(32(85-95(55,56)57)29(81-42)18-76-92(46,47)48)83-43-40(91-101(73,74)75)37(89-99(67,68)69)34(87-97(61,62)63)31(82-43)20-78-94(52,53)54;;;;;;;;;;/h21-43H,6-20H2,1-5H3,(H,46,47,48)(H,49,50,51)(H,52,53,54)(H,55,56,57)(H,58,59,60)(H,61,62,63)(H,64,65,66)(H,67,68,69)(H,70,71,72)(H,73,74,75);;;;;;;;;;/q;10*+1/p-10/t22-,23+,24+,25+,26-,27+,28+,29-,30-,31-,32-,33-,34-,35+,36+,37+,38+,39+,40+,41+,42-,43-,44+,45-;;;;;;;;;;/m1........../s1. The van der Waals surface area contributed by atoms with E-state index in [0.717, 1.165) is 44.9 Å². The third kappa shape index (κ3) is 39.6. The predicted octanol–water partition coefficient (Wildman–Crippen LogP) is -34.2. The molecule has 0 spiro atoms. The van der Waals surface area contributed by atoms with Crippen LogP contribution in [0.1, 0.15) is 112 Å². The second kappa shape index (κ2) is 50.2. The van der Waals surface area contributed by atoms with E-state index in [1.54, 1.807) is 0 Å². The van der Waals surface area contributed by atoms with Crippen LogP contribution >= 0.6 is 0 Å². The Morgan fingerprint density at radius 1 is 0.342 bits per heavy atom. The maximum Gasteiger partial charge on any atom is 1.00 e. The average molecular weight is 1900 g/mol. The van der Waals surface area contributed by atoms with Gasteiger partial charge in [0.2, 0.25) is 104 Å². The van der Waals surface area contributed by atoms with E-state index in [2.05, 4.69) is 76.4 Å². The number of hydrogen-bond acceptors (Lipinski definition) is 46. The van der Waals surface area contributed by atoms with Crippen molar-refractivity contribution in [1.82, 2.24) is 0 Å². The molecule has 66 heteroatoms. The van der Waals surface area contributed by atoms with Gasteiger partial charge in [0.1, 0.15) is 61.0 Å². The summed E-state index contributed by atoms with van der Waals surface area (Å²) in [6, 6.07) is 0. The molecule has 0 unspecified atom stereocenters. The molecule has 7 fully saturated rings. The van der Waals surface area contributed by atoms with Crippen LogP contribution in [0.15, 0.2) is 0 Å². The van der Waals surface area contributed by atoms with Crippen molar-refractivity contribution in [2.45, 2.75) is 210 Å². The Kier molecular flexibility index (Phi) is 56.9.